The fourth-order valence-electron chi connectivity index (χ4n) is 2.64. The molecule has 0 bridgehead atoms. The Hall–Kier alpha value is -2.18. The van der Waals surface area contributed by atoms with Gasteiger partial charge in [0.15, 0.2) is 0 Å². The van der Waals surface area contributed by atoms with Crippen molar-refractivity contribution in [2.45, 2.75) is 32.2 Å². The maximum atomic E-state index is 12.5. The molecular weight excluding hydrogens is 310 g/mol. The van der Waals surface area contributed by atoms with Crippen LogP contribution >= 0.6 is 0 Å². The molecule has 2 heterocycles. The summed E-state index contributed by atoms with van der Waals surface area (Å²) in [5.74, 6) is 0. The lowest BCUT2D eigenvalue weighted by atomic mass is 10.2. The molecule has 2 aromatic heterocycles. The Morgan fingerprint density at radius 1 is 1.13 bits per heavy atom. The van der Waals surface area contributed by atoms with Crippen LogP contribution in [0.2, 0.25) is 0 Å². The van der Waals surface area contributed by atoms with Gasteiger partial charge in [0.25, 0.3) is 0 Å². The van der Waals surface area contributed by atoms with Gasteiger partial charge in [-0.15, -0.1) is 0 Å². The molecule has 0 saturated carbocycles. The summed E-state index contributed by atoms with van der Waals surface area (Å²) >= 11 is 0. The van der Waals surface area contributed by atoms with E-state index in [4.69, 9.17) is 0 Å². The van der Waals surface area contributed by atoms with Gasteiger partial charge >= 0.3 is 0 Å². The van der Waals surface area contributed by atoms with Crippen molar-refractivity contribution >= 4 is 15.7 Å². The third-order valence-electron chi connectivity index (χ3n) is 3.79. The Labute approximate surface area is 136 Å². The molecule has 0 atom stereocenters. The smallest absolute Gasteiger partial charge is 0.241 e. The number of sulfonamides is 1. The zero-order valence-electron chi connectivity index (χ0n) is 13.4. The Bertz CT molecular complexity index is 975. The lowest BCUT2D eigenvalue weighted by molar-refractivity contribution is 0.580. The van der Waals surface area contributed by atoms with Gasteiger partial charge in [-0.25, -0.2) is 18.1 Å². The number of aryl methyl sites for hydroxylation is 3. The third kappa shape index (κ3) is 3.13. The summed E-state index contributed by atoms with van der Waals surface area (Å²) in [5, 5.41) is 0. The molecule has 0 aliphatic carbocycles. The standard InChI is InChI=1S/C17H19N3O2S/c1-12-6-7-16(14(3)9-12)23(21,22)18-10-15-11-20-8-4-5-13(2)17(20)19-15/h4-9,11,18H,10H2,1-3H3. The van der Waals surface area contributed by atoms with E-state index in [0.717, 1.165) is 22.3 Å². The van der Waals surface area contributed by atoms with Crippen molar-refractivity contribution in [3.63, 3.8) is 0 Å². The van der Waals surface area contributed by atoms with E-state index in [1.54, 1.807) is 19.1 Å². The van der Waals surface area contributed by atoms with Crippen molar-refractivity contribution in [2.75, 3.05) is 0 Å². The zero-order valence-corrected chi connectivity index (χ0v) is 14.2. The maximum absolute atomic E-state index is 12.5. The van der Waals surface area contributed by atoms with E-state index in [9.17, 15) is 8.42 Å². The van der Waals surface area contributed by atoms with Gasteiger partial charge in [-0.2, -0.15) is 0 Å². The highest BCUT2D eigenvalue weighted by molar-refractivity contribution is 7.89. The number of rotatable bonds is 4. The summed E-state index contributed by atoms with van der Waals surface area (Å²) in [6.45, 7) is 5.88. The Morgan fingerprint density at radius 3 is 2.61 bits per heavy atom. The van der Waals surface area contributed by atoms with Crippen molar-refractivity contribution < 1.29 is 8.42 Å². The van der Waals surface area contributed by atoms with Crippen molar-refractivity contribution in [3.05, 3.63) is 65.1 Å². The van der Waals surface area contributed by atoms with Gasteiger partial charge in [-0.05, 0) is 44.0 Å². The summed E-state index contributed by atoms with van der Waals surface area (Å²) in [6.07, 6.45) is 3.74. The van der Waals surface area contributed by atoms with E-state index in [1.165, 1.54) is 0 Å². The molecule has 0 unspecified atom stereocenters. The van der Waals surface area contributed by atoms with Gasteiger partial charge in [0.1, 0.15) is 5.65 Å². The molecule has 3 aromatic rings. The average Bonchev–Trinajstić information content (AvgIpc) is 2.89. The van der Waals surface area contributed by atoms with Crippen LogP contribution in [0.1, 0.15) is 22.4 Å². The SMILES string of the molecule is Cc1ccc(S(=O)(=O)NCc2cn3cccc(C)c3n2)c(C)c1. The first-order chi connectivity index (χ1) is 10.9. The van der Waals surface area contributed by atoms with E-state index in [-0.39, 0.29) is 6.54 Å². The molecule has 1 N–H and O–H groups in total. The predicted molar refractivity (Wildman–Crippen MR) is 89.9 cm³/mol. The topological polar surface area (TPSA) is 63.5 Å². The number of imidazole rings is 1. The molecule has 23 heavy (non-hydrogen) atoms. The fourth-order valence-corrected chi connectivity index (χ4v) is 3.86. The van der Waals surface area contributed by atoms with Crippen LogP contribution in [-0.2, 0) is 16.6 Å². The van der Waals surface area contributed by atoms with Crippen molar-refractivity contribution in [2.24, 2.45) is 0 Å². The van der Waals surface area contributed by atoms with Crippen LogP contribution in [0.5, 0.6) is 0 Å². The van der Waals surface area contributed by atoms with Crippen molar-refractivity contribution in [1.29, 1.82) is 0 Å². The Kier molecular flexibility index (Phi) is 3.95. The molecule has 0 radical (unpaired) electrons. The molecule has 0 aliphatic heterocycles. The van der Waals surface area contributed by atoms with Gasteiger partial charge < -0.3 is 4.40 Å². The lowest BCUT2D eigenvalue weighted by Crippen LogP contribution is -2.24. The second kappa shape index (κ2) is 5.79. The number of fused-ring (bicyclic) bond motifs is 1. The van der Waals surface area contributed by atoms with Crippen LogP contribution in [0, 0.1) is 20.8 Å². The quantitative estimate of drug-likeness (QED) is 0.800. The molecule has 0 aliphatic rings. The minimum absolute atomic E-state index is 0.163. The minimum atomic E-state index is -3.55. The van der Waals surface area contributed by atoms with Gasteiger partial charge in [0.05, 0.1) is 17.1 Å². The Morgan fingerprint density at radius 2 is 1.91 bits per heavy atom. The van der Waals surface area contributed by atoms with Crippen LogP contribution < -0.4 is 4.72 Å². The van der Waals surface area contributed by atoms with Crippen molar-refractivity contribution in [3.8, 4) is 0 Å². The van der Waals surface area contributed by atoms with E-state index in [2.05, 4.69) is 9.71 Å². The molecule has 0 saturated heterocycles. The highest BCUT2D eigenvalue weighted by atomic mass is 32.2. The minimum Gasteiger partial charge on any atom is -0.307 e. The number of hydrogen-bond acceptors (Lipinski definition) is 3. The van der Waals surface area contributed by atoms with E-state index in [1.807, 2.05) is 48.8 Å². The molecule has 120 valence electrons. The lowest BCUT2D eigenvalue weighted by Gasteiger charge is -2.09. The summed E-state index contributed by atoms with van der Waals surface area (Å²) < 4.78 is 29.5. The van der Waals surface area contributed by atoms with Crippen LogP contribution in [0.3, 0.4) is 0 Å². The number of hydrogen-bond donors (Lipinski definition) is 1. The second-order valence-corrected chi connectivity index (χ2v) is 7.48. The predicted octanol–water partition coefficient (Wildman–Crippen LogP) is 2.74. The number of nitrogens with zero attached hydrogens (tertiary/aromatic N) is 2. The summed E-state index contributed by atoms with van der Waals surface area (Å²) in [4.78, 5) is 4.79. The number of benzene rings is 1. The van der Waals surface area contributed by atoms with E-state index in [0.29, 0.717) is 10.6 Å². The van der Waals surface area contributed by atoms with Crippen LogP contribution in [-0.4, -0.2) is 17.8 Å². The monoisotopic (exact) mass is 329 g/mol. The molecule has 3 rings (SSSR count). The zero-order chi connectivity index (χ0) is 16.6. The first-order valence-electron chi connectivity index (χ1n) is 7.37. The molecule has 0 spiro atoms. The van der Waals surface area contributed by atoms with E-state index >= 15 is 0 Å². The van der Waals surface area contributed by atoms with Crippen LogP contribution in [0.4, 0.5) is 0 Å². The summed E-state index contributed by atoms with van der Waals surface area (Å²) in [5.41, 5.74) is 4.36. The maximum Gasteiger partial charge on any atom is 0.241 e. The van der Waals surface area contributed by atoms with Gasteiger partial charge in [-0.1, -0.05) is 23.8 Å². The first kappa shape index (κ1) is 15.7. The Balaban J connectivity index is 1.84. The molecule has 5 nitrogen and oxygen atoms in total. The van der Waals surface area contributed by atoms with E-state index < -0.39 is 10.0 Å². The summed E-state index contributed by atoms with van der Waals surface area (Å²) in [7, 11) is -3.55. The number of nitrogens with one attached hydrogen (secondary N) is 1. The highest BCUT2D eigenvalue weighted by Gasteiger charge is 2.17. The van der Waals surface area contributed by atoms with Crippen LogP contribution in [0.15, 0.2) is 47.6 Å². The fraction of sp³-hybridized carbons (Fsp3) is 0.235. The number of aromatic nitrogens is 2. The molecule has 0 amide bonds. The van der Waals surface area contributed by atoms with Crippen LogP contribution in [0.25, 0.3) is 5.65 Å². The average molecular weight is 329 g/mol. The third-order valence-corrected chi connectivity index (χ3v) is 5.35. The largest absolute Gasteiger partial charge is 0.307 e. The highest BCUT2D eigenvalue weighted by Crippen LogP contribution is 2.17. The molecule has 6 heteroatoms. The van der Waals surface area contributed by atoms with Gasteiger partial charge in [0, 0.05) is 12.4 Å². The normalized spacial score (nSPS) is 12.0. The van der Waals surface area contributed by atoms with Gasteiger partial charge in [-0.3, -0.25) is 0 Å². The summed E-state index contributed by atoms with van der Waals surface area (Å²) in [6, 6.07) is 9.22. The molecule has 1 aromatic carbocycles. The van der Waals surface area contributed by atoms with Gasteiger partial charge in [0.2, 0.25) is 10.0 Å². The first-order valence-corrected chi connectivity index (χ1v) is 8.85. The number of pyridine rings is 1. The van der Waals surface area contributed by atoms with Crippen molar-refractivity contribution in [1.82, 2.24) is 14.1 Å². The second-order valence-electron chi connectivity index (χ2n) is 5.75. The molecule has 0 fully saturated rings. The molecular formula is C17H19N3O2S.